The normalized spacial score (nSPS) is 35.8. The summed E-state index contributed by atoms with van der Waals surface area (Å²) < 4.78 is 0. The molecule has 1 N–H and O–H groups in total. The van der Waals surface area contributed by atoms with Gasteiger partial charge >= 0.3 is 0 Å². The fourth-order valence-corrected chi connectivity index (χ4v) is 0.535. The Morgan fingerprint density at radius 3 is 2.50 bits per heavy atom. The van der Waals surface area contributed by atoms with Gasteiger partial charge in [0.05, 0.1) is 0 Å². The molecule has 0 saturated carbocycles. The zero-order valence-corrected chi connectivity index (χ0v) is 4.32. The summed E-state index contributed by atoms with van der Waals surface area (Å²) in [7, 11) is 0. The van der Waals surface area contributed by atoms with Crippen LogP contribution in [0.3, 0.4) is 0 Å². The van der Waals surface area contributed by atoms with Crippen LogP contribution in [0.25, 0.3) is 0 Å². The van der Waals surface area contributed by atoms with Gasteiger partial charge in [-0.1, -0.05) is 6.08 Å². The van der Waals surface area contributed by atoms with E-state index in [2.05, 4.69) is 0 Å². The minimum Gasteiger partial charge on any atom is -0.593 e. The van der Waals surface area contributed by atoms with Crippen molar-refractivity contribution in [1.82, 2.24) is 0 Å². The second-order valence-corrected chi connectivity index (χ2v) is 1.71. The highest BCUT2D eigenvalue weighted by Gasteiger charge is 2.07. The molecule has 0 aromatic carbocycles. The highest BCUT2D eigenvalue weighted by Crippen LogP contribution is 2.04. The molecule has 8 heavy (non-hydrogen) atoms. The van der Waals surface area contributed by atoms with Crippen LogP contribution in [0.5, 0.6) is 0 Å². The standard InChI is InChI=1S/C5H7NO2/c7-6(8)4-2-1-3-5-6/h1-4,7H,5H2. The first kappa shape index (κ1) is 5.50. The number of nitrogens with zero attached hydrogens (tertiary/aromatic N) is 1. The summed E-state index contributed by atoms with van der Waals surface area (Å²) in [5, 5.41) is 19.1. The van der Waals surface area contributed by atoms with Crippen molar-refractivity contribution >= 4 is 0 Å². The van der Waals surface area contributed by atoms with E-state index in [0.29, 0.717) is 0 Å². The summed E-state index contributed by atoms with van der Waals surface area (Å²) in [4.78, 5) is -1.27. The summed E-state index contributed by atoms with van der Waals surface area (Å²) in [6.45, 7) is 0.122. The average molecular weight is 113 g/mol. The lowest BCUT2D eigenvalue weighted by Gasteiger charge is -2.28. The summed E-state index contributed by atoms with van der Waals surface area (Å²) >= 11 is 0. The van der Waals surface area contributed by atoms with Crippen LogP contribution in [-0.4, -0.2) is 16.6 Å². The fraction of sp³-hybridized carbons (Fsp3) is 0.200. The van der Waals surface area contributed by atoms with Crippen LogP contribution in [0.1, 0.15) is 0 Å². The lowest BCUT2D eigenvalue weighted by Crippen LogP contribution is -2.32. The Morgan fingerprint density at radius 1 is 1.50 bits per heavy atom. The summed E-state index contributed by atoms with van der Waals surface area (Å²) in [6, 6.07) is 0. The van der Waals surface area contributed by atoms with Gasteiger partial charge in [-0.3, -0.25) is 0 Å². The Hall–Kier alpha value is -0.640. The molecule has 0 aromatic rings. The third-order valence-electron chi connectivity index (χ3n) is 0.933. The van der Waals surface area contributed by atoms with E-state index >= 15 is 0 Å². The third-order valence-corrected chi connectivity index (χ3v) is 0.933. The summed E-state index contributed by atoms with van der Waals surface area (Å²) in [6.07, 6.45) is 6.05. The molecule has 0 fully saturated rings. The lowest BCUT2D eigenvalue weighted by molar-refractivity contribution is -1.02. The van der Waals surface area contributed by atoms with Gasteiger partial charge in [0.1, 0.15) is 12.7 Å². The SMILES string of the molecule is [O-][N+]1(O)C=CC=CC1. The molecule has 1 aliphatic heterocycles. The number of allylic oxidation sites excluding steroid dienone is 2. The van der Waals surface area contributed by atoms with Crippen molar-refractivity contribution in [3.63, 3.8) is 0 Å². The maximum Gasteiger partial charge on any atom is 0.132 e. The molecule has 3 heteroatoms. The quantitative estimate of drug-likeness (QED) is 0.372. The molecular formula is C5H7NO2. The predicted molar refractivity (Wildman–Crippen MR) is 28.6 cm³/mol. The van der Waals surface area contributed by atoms with E-state index in [1.165, 1.54) is 12.3 Å². The number of hydrogen-bond acceptors (Lipinski definition) is 2. The molecule has 1 aliphatic rings. The van der Waals surface area contributed by atoms with Crippen molar-refractivity contribution in [2.45, 2.75) is 0 Å². The van der Waals surface area contributed by atoms with Crippen LogP contribution in [-0.2, 0) is 0 Å². The smallest absolute Gasteiger partial charge is 0.132 e. The van der Waals surface area contributed by atoms with Crippen molar-refractivity contribution in [3.05, 3.63) is 29.6 Å². The molecule has 1 rings (SSSR count). The van der Waals surface area contributed by atoms with E-state index in [1.807, 2.05) is 0 Å². The van der Waals surface area contributed by atoms with Crippen molar-refractivity contribution < 1.29 is 10.0 Å². The van der Waals surface area contributed by atoms with Crippen LogP contribution in [0.4, 0.5) is 0 Å². The number of hydrogen-bond donors (Lipinski definition) is 1. The Labute approximate surface area is 47.3 Å². The van der Waals surface area contributed by atoms with Crippen LogP contribution in [0, 0.1) is 5.21 Å². The maximum absolute atomic E-state index is 10.5. The Kier molecular flexibility index (Phi) is 1.17. The van der Waals surface area contributed by atoms with Gasteiger partial charge in [-0.15, -0.1) is 0 Å². The molecule has 1 atom stereocenters. The monoisotopic (exact) mass is 113 g/mol. The highest BCUT2D eigenvalue weighted by molar-refractivity contribution is 5.03. The molecule has 1 unspecified atom stereocenters. The fourth-order valence-electron chi connectivity index (χ4n) is 0.535. The molecular weight excluding hydrogens is 106 g/mol. The van der Waals surface area contributed by atoms with E-state index in [4.69, 9.17) is 5.21 Å². The van der Waals surface area contributed by atoms with Crippen LogP contribution in [0.15, 0.2) is 24.4 Å². The zero-order valence-electron chi connectivity index (χ0n) is 4.32. The van der Waals surface area contributed by atoms with E-state index in [0.717, 1.165) is 0 Å². The molecule has 0 radical (unpaired) electrons. The number of hydroxylamine groups is 4. The van der Waals surface area contributed by atoms with Gasteiger partial charge < -0.3 is 5.21 Å². The van der Waals surface area contributed by atoms with Gasteiger partial charge in [0.15, 0.2) is 0 Å². The molecule has 44 valence electrons. The molecule has 0 saturated heterocycles. The third kappa shape index (κ3) is 1.16. The lowest BCUT2D eigenvalue weighted by atomic mass is 10.4. The van der Waals surface area contributed by atoms with Crippen LogP contribution < -0.4 is 0 Å². The molecule has 1 heterocycles. The summed E-state index contributed by atoms with van der Waals surface area (Å²) in [5.41, 5.74) is 0. The second kappa shape index (κ2) is 1.70. The zero-order chi connectivity index (χ0) is 6.04. The molecule has 3 nitrogen and oxygen atoms in total. The minimum atomic E-state index is -1.27. The Balaban J connectivity index is 2.65. The number of quaternary nitrogens is 1. The predicted octanol–water partition coefficient (Wildman–Crippen LogP) is 0.774. The topological polar surface area (TPSA) is 43.3 Å². The van der Waals surface area contributed by atoms with Gasteiger partial charge in [-0.2, -0.15) is 4.81 Å². The highest BCUT2D eigenvalue weighted by atomic mass is 16.8. The van der Waals surface area contributed by atoms with E-state index in [-0.39, 0.29) is 6.54 Å². The second-order valence-electron chi connectivity index (χ2n) is 1.71. The first-order chi connectivity index (χ1) is 3.71. The van der Waals surface area contributed by atoms with Crippen LogP contribution in [0.2, 0.25) is 0 Å². The molecule has 0 amide bonds. The van der Waals surface area contributed by atoms with Gasteiger partial charge in [0, 0.05) is 0 Å². The van der Waals surface area contributed by atoms with Crippen molar-refractivity contribution in [3.8, 4) is 0 Å². The van der Waals surface area contributed by atoms with Crippen molar-refractivity contribution in [2.75, 3.05) is 6.54 Å². The van der Waals surface area contributed by atoms with Crippen molar-refractivity contribution in [2.24, 2.45) is 0 Å². The number of rotatable bonds is 0. The largest absolute Gasteiger partial charge is 0.593 e. The van der Waals surface area contributed by atoms with Crippen molar-refractivity contribution in [1.29, 1.82) is 0 Å². The first-order valence-electron chi connectivity index (χ1n) is 2.37. The average Bonchev–Trinajstić information content (AvgIpc) is 1.65. The maximum atomic E-state index is 10.5. The minimum absolute atomic E-state index is 0.122. The molecule has 0 aromatic heterocycles. The molecule has 0 spiro atoms. The molecule has 0 bridgehead atoms. The summed E-state index contributed by atoms with van der Waals surface area (Å²) in [5.74, 6) is 0. The molecule has 0 aliphatic carbocycles. The van der Waals surface area contributed by atoms with Gasteiger partial charge in [-0.05, 0) is 12.2 Å². The van der Waals surface area contributed by atoms with Gasteiger partial charge in [0.25, 0.3) is 0 Å². The van der Waals surface area contributed by atoms with Gasteiger partial charge in [-0.25, -0.2) is 5.21 Å². The van der Waals surface area contributed by atoms with E-state index in [9.17, 15) is 5.21 Å². The van der Waals surface area contributed by atoms with Crippen LogP contribution >= 0.6 is 0 Å². The Bertz CT molecular complexity index is 137. The van der Waals surface area contributed by atoms with E-state index < -0.39 is 4.81 Å². The Morgan fingerprint density at radius 2 is 2.25 bits per heavy atom. The van der Waals surface area contributed by atoms with E-state index in [1.54, 1.807) is 12.2 Å². The first-order valence-corrected chi connectivity index (χ1v) is 2.37. The van der Waals surface area contributed by atoms with Gasteiger partial charge in [0.2, 0.25) is 0 Å².